The standard InChI is InChI=1S/C11H6BrF2N3/c12-8-6-17(16-11(8)3-4-15)7-1-2-9(13)10(14)5-7/h1-2,5-6H,3H2. The van der Waals surface area contributed by atoms with E-state index in [4.69, 9.17) is 5.26 Å². The highest BCUT2D eigenvalue weighted by Crippen LogP contribution is 2.19. The number of nitrogens with zero attached hydrogens (tertiary/aromatic N) is 3. The van der Waals surface area contributed by atoms with Crippen LogP contribution in [0, 0.1) is 23.0 Å². The molecule has 0 saturated heterocycles. The minimum Gasteiger partial charge on any atom is -0.239 e. The fourth-order valence-electron chi connectivity index (χ4n) is 1.34. The molecule has 1 aromatic carbocycles. The summed E-state index contributed by atoms with van der Waals surface area (Å²) in [7, 11) is 0. The third-order valence-electron chi connectivity index (χ3n) is 2.15. The Hall–Kier alpha value is -1.74. The Bertz CT molecular complexity index is 601. The van der Waals surface area contributed by atoms with E-state index < -0.39 is 11.6 Å². The zero-order valence-corrected chi connectivity index (χ0v) is 10.1. The van der Waals surface area contributed by atoms with E-state index in [2.05, 4.69) is 21.0 Å². The quantitative estimate of drug-likeness (QED) is 0.855. The van der Waals surface area contributed by atoms with Crippen LogP contribution < -0.4 is 0 Å². The first-order valence-electron chi connectivity index (χ1n) is 4.68. The van der Waals surface area contributed by atoms with E-state index in [1.807, 2.05) is 6.07 Å². The molecule has 0 bridgehead atoms. The average molecular weight is 298 g/mol. The van der Waals surface area contributed by atoms with E-state index in [-0.39, 0.29) is 6.42 Å². The predicted molar refractivity (Wildman–Crippen MR) is 60.5 cm³/mol. The van der Waals surface area contributed by atoms with E-state index in [0.717, 1.165) is 12.1 Å². The lowest BCUT2D eigenvalue weighted by Crippen LogP contribution is -1.97. The normalized spacial score (nSPS) is 10.2. The van der Waals surface area contributed by atoms with Gasteiger partial charge in [0.15, 0.2) is 11.6 Å². The fraction of sp³-hybridized carbons (Fsp3) is 0.0909. The van der Waals surface area contributed by atoms with Crippen LogP contribution in [0.1, 0.15) is 5.69 Å². The number of hydrogen-bond donors (Lipinski definition) is 0. The molecule has 0 spiro atoms. The van der Waals surface area contributed by atoms with Crippen LogP contribution in [-0.2, 0) is 6.42 Å². The van der Waals surface area contributed by atoms with Gasteiger partial charge in [0.05, 0.1) is 28.3 Å². The molecule has 0 amide bonds. The Morgan fingerprint density at radius 3 is 2.76 bits per heavy atom. The maximum absolute atomic E-state index is 13.0. The van der Waals surface area contributed by atoms with Crippen molar-refractivity contribution in [2.75, 3.05) is 0 Å². The molecule has 0 unspecified atom stereocenters. The van der Waals surface area contributed by atoms with Gasteiger partial charge >= 0.3 is 0 Å². The average Bonchev–Trinajstić information content (AvgIpc) is 2.65. The Kier molecular flexibility index (Phi) is 3.20. The molecule has 0 fully saturated rings. The monoisotopic (exact) mass is 297 g/mol. The summed E-state index contributed by atoms with van der Waals surface area (Å²) < 4.78 is 27.8. The van der Waals surface area contributed by atoms with Crippen molar-refractivity contribution in [1.82, 2.24) is 9.78 Å². The molecule has 0 aliphatic heterocycles. The van der Waals surface area contributed by atoms with Crippen molar-refractivity contribution >= 4 is 15.9 Å². The van der Waals surface area contributed by atoms with Crippen molar-refractivity contribution in [2.24, 2.45) is 0 Å². The molecule has 0 N–H and O–H groups in total. The maximum atomic E-state index is 13.0. The minimum atomic E-state index is -0.934. The summed E-state index contributed by atoms with van der Waals surface area (Å²) in [5.41, 5.74) is 0.950. The third-order valence-corrected chi connectivity index (χ3v) is 2.82. The van der Waals surface area contributed by atoms with Gasteiger partial charge in [0, 0.05) is 12.3 Å². The summed E-state index contributed by atoms with van der Waals surface area (Å²) in [5.74, 6) is -1.84. The molecular weight excluding hydrogens is 292 g/mol. The van der Waals surface area contributed by atoms with Crippen LogP contribution in [0.2, 0.25) is 0 Å². The van der Waals surface area contributed by atoms with Crippen molar-refractivity contribution < 1.29 is 8.78 Å². The molecule has 0 atom stereocenters. The van der Waals surface area contributed by atoms with E-state index in [9.17, 15) is 8.78 Å². The van der Waals surface area contributed by atoms with Gasteiger partial charge in [0.1, 0.15) is 0 Å². The Labute approximate surface area is 104 Å². The first kappa shape index (κ1) is 11.7. The van der Waals surface area contributed by atoms with Gasteiger partial charge in [0.2, 0.25) is 0 Å². The summed E-state index contributed by atoms with van der Waals surface area (Å²) in [6.07, 6.45) is 1.75. The lowest BCUT2D eigenvalue weighted by atomic mass is 10.3. The number of nitriles is 1. The van der Waals surface area contributed by atoms with Crippen molar-refractivity contribution in [3.8, 4) is 11.8 Å². The molecule has 1 aromatic heterocycles. The zero-order chi connectivity index (χ0) is 12.4. The van der Waals surface area contributed by atoms with Crippen molar-refractivity contribution in [2.45, 2.75) is 6.42 Å². The fourth-order valence-corrected chi connectivity index (χ4v) is 1.76. The second-order valence-electron chi connectivity index (χ2n) is 3.30. The molecule has 2 aromatic rings. The summed E-state index contributed by atoms with van der Waals surface area (Å²) in [6, 6.07) is 5.46. The Morgan fingerprint density at radius 2 is 2.12 bits per heavy atom. The highest BCUT2D eigenvalue weighted by atomic mass is 79.9. The van der Waals surface area contributed by atoms with Gasteiger partial charge in [-0.3, -0.25) is 0 Å². The van der Waals surface area contributed by atoms with Gasteiger partial charge in [-0.05, 0) is 28.1 Å². The van der Waals surface area contributed by atoms with Crippen LogP contribution in [-0.4, -0.2) is 9.78 Å². The second-order valence-corrected chi connectivity index (χ2v) is 4.16. The van der Waals surface area contributed by atoms with Gasteiger partial charge in [-0.1, -0.05) is 0 Å². The van der Waals surface area contributed by atoms with Crippen LogP contribution in [0.25, 0.3) is 5.69 Å². The first-order valence-corrected chi connectivity index (χ1v) is 5.47. The van der Waals surface area contributed by atoms with Crippen molar-refractivity contribution in [3.63, 3.8) is 0 Å². The SMILES string of the molecule is N#CCc1nn(-c2ccc(F)c(F)c2)cc1Br. The summed E-state index contributed by atoms with van der Waals surface area (Å²) in [4.78, 5) is 0. The van der Waals surface area contributed by atoms with Crippen LogP contribution in [0.5, 0.6) is 0 Å². The van der Waals surface area contributed by atoms with E-state index in [0.29, 0.717) is 15.9 Å². The molecule has 1 heterocycles. The number of hydrogen-bond acceptors (Lipinski definition) is 2. The minimum absolute atomic E-state index is 0.150. The first-order chi connectivity index (χ1) is 8.11. The van der Waals surface area contributed by atoms with Gasteiger partial charge < -0.3 is 0 Å². The molecule has 2 rings (SSSR count). The molecule has 0 aliphatic carbocycles. The van der Waals surface area contributed by atoms with E-state index >= 15 is 0 Å². The lowest BCUT2D eigenvalue weighted by Gasteiger charge is -2.01. The van der Waals surface area contributed by atoms with Crippen LogP contribution >= 0.6 is 15.9 Å². The molecular formula is C11H6BrF2N3. The lowest BCUT2D eigenvalue weighted by molar-refractivity contribution is 0.507. The van der Waals surface area contributed by atoms with Gasteiger partial charge in [-0.25, -0.2) is 13.5 Å². The molecule has 6 heteroatoms. The molecule has 17 heavy (non-hydrogen) atoms. The Morgan fingerprint density at radius 1 is 1.35 bits per heavy atom. The van der Waals surface area contributed by atoms with E-state index in [1.54, 1.807) is 6.20 Å². The summed E-state index contributed by atoms with van der Waals surface area (Å²) in [6.45, 7) is 0. The predicted octanol–water partition coefficient (Wildman–Crippen LogP) is 2.98. The maximum Gasteiger partial charge on any atom is 0.160 e. The third kappa shape index (κ3) is 2.34. The number of benzene rings is 1. The number of halogens is 3. The van der Waals surface area contributed by atoms with Gasteiger partial charge in [0.25, 0.3) is 0 Å². The Balaban J connectivity index is 2.43. The summed E-state index contributed by atoms with van der Waals surface area (Å²) >= 11 is 3.25. The van der Waals surface area contributed by atoms with Crippen molar-refractivity contribution in [3.05, 3.63) is 46.2 Å². The molecule has 3 nitrogen and oxygen atoms in total. The zero-order valence-electron chi connectivity index (χ0n) is 8.49. The highest BCUT2D eigenvalue weighted by molar-refractivity contribution is 9.10. The van der Waals surface area contributed by atoms with Crippen molar-refractivity contribution in [1.29, 1.82) is 5.26 Å². The second kappa shape index (κ2) is 4.63. The van der Waals surface area contributed by atoms with E-state index in [1.165, 1.54) is 10.7 Å². The topological polar surface area (TPSA) is 41.6 Å². The van der Waals surface area contributed by atoms with Crippen LogP contribution in [0.15, 0.2) is 28.9 Å². The molecule has 0 radical (unpaired) electrons. The number of aromatic nitrogens is 2. The summed E-state index contributed by atoms with van der Waals surface area (Å²) in [5, 5.41) is 12.7. The van der Waals surface area contributed by atoms with Crippen LogP contribution in [0.3, 0.4) is 0 Å². The molecule has 0 aliphatic rings. The number of rotatable bonds is 2. The van der Waals surface area contributed by atoms with Gasteiger partial charge in [-0.2, -0.15) is 10.4 Å². The van der Waals surface area contributed by atoms with Crippen LogP contribution in [0.4, 0.5) is 8.78 Å². The smallest absolute Gasteiger partial charge is 0.160 e. The molecule has 0 saturated carbocycles. The van der Waals surface area contributed by atoms with Gasteiger partial charge in [-0.15, -0.1) is 0 Å². The molecule has 86 valence electrons. The largest absolute Gasteiger partial charge is 0.239 e. The highest BCUT2D eigenvalue weighted by Gasteiger charge is 2.09.